The molecular formula is C30H40F3NO2. The third-order valence-corrected chi connectivity index (χ3v) is 7.94. The zero-order valence-corrected chi connectivity index (χ0v) is 22.1. The van der Waals surface area contributed by atoms with Gasteiger partial charge in [0.25, 0.3) is 0 Å². The normalized spacial score (nSPS) is 28.3. The van der Waals surface area contributed by atoms with E-state index < -0.39 is 17.2 Å². The summed E-state index contributed by atoms with van der Waals surface area (Å²) in [5.74, 6) is 0.490. The Morgan fingerprint density at radius 3 is 2.42 bits per heavy atom. The molecule has 2 fully saturated rings. The van der Waals surface area contributed by atoms with Gasteiger partial charge >= 0.3 is 6.18 Å². The van der Waals surface area contributed by atoms with Gasteiger partial charge in [-0.2, -0.15) is 13.2 Å². The summed E-state index contributed by atoms with van der Waals surface area (Å²) < 4.78 is 46.5. The van der Waals surface area contributed by atoms with Crippen LogP contribution in [0.25, 0.3) is 0 Å². The van der Waals surface area contributed by atoms with E-state index in [0.29, 0.717) is 12.8 Å². The van der Waals surface area contributed by atoms with Gasteiger partial charge in [0.05, 0.1) is 17.0 Å². The van der Waals surface area contributed by atoms with E-state index in [4.69, 9.17) is 4.74 Å². The van der Waals surface area contributed by atoms with Crippen LogP contribution in [0.4, 0.5) is 13.2 Å². The lowest BCUT2D eigenvalue weighted by molar-refractivity contribution is -0.167. The van der Waals surface area contributed by atoms with Crippen LogP contribution in [0.2, 0.25) is 0 Å². The molecule has 0 spiro atoms. The van der Waals surface area contributed by atoms with Gasteiger partial charge in [-0.1, -0.05) is 69.7 Å². The molecule has 198 valence electrons. The number of nitrogens with zero attached hydrogens (tertiary/aromatic N) is 1. The molecule has 1 saturated carbocycles. The lowest BCUT2D eigenvalue weighted by Crippen LogP contribution is -2.57. The van der Waals surface area contributed by atoms with Crippen molar-refractivity contribution >= 4 is 5.91 Å². The summed E-state index contributed by atoms with van der Waals surface area (Å²) in [6.45, 7) is 9.74. The summed E-state index contributed by atoms with van der Waals surface area (Å²) in [6.07, 6.45) is 4.79. The van der Waals surface area contributed by atoms with Crippen molar-refractivity contribution in [1.82, 2.24) is 4.90 Å². The van der Waals surface area contributed by atoms with Gasteiger partial charge in [-0.05, 0) is 69.6 Å². The molecule has 1 aromatic rings. The lowest BCUT2D eigenvalue weighted by Gasteiger charge is -2.52. The molecule has 3 nitrogen and oxygen atoms in total. The van der Waals surface area contributed by atoms with Crippen molar-refractivity contribution < 1.29 is 22.7 Å². The van der Waals surface area contributed by atoms with Gasteiger partial charge in [0, 0.05) is 6.04 Å². The smallest absolute Gasteiger partial charge is 0.416 e. The number of likely N-dealkylation sites (tertiary alicyclic amines) is 1. The van der Waals surface area contributed by atoms with Gasteiger partial charge in [-0.15, -0.1) is 0 Å². The second-order valence-electron chi connectivity index (χ2n) is 10.3. The Balaban J connectivity index is 1.83. The second kappa shape index (κ2) is 11.7. The lowest BCUT2D eigenvalue weighted by atomic mass is 9.58. The highest BCUT2D eigenvalue weighted by molar-refractivity contribution is 5.85. The molecule has 0 aromatic heterocycles. The Labute approximate surface area is 214 Å². The number of rotatable bonds is 9. The Bertz CT molecular complexity index is 974. The van der Waals surface area contributed by atoms with E-state index in [9.17, 15) is 18.0 Å². The van der Waals surface area contributed by atoms with Crippen LogP contribution in [0.1, 0.15) is 84.7 Å². The quantitative estimate of drug-likeness (QED) is 0.250. The van der Waals surface area contributed by atoms with Crippen LogP contribution in [0.3, 0.4) is 0 Å². The molecule has 3 atom stereocenters. The number of hydrogen-bond donors (Lipinski definition) is 0. The number of alkyl halides is 3. The Hall–Kier alpha value is -2.50. The first-order valence-electron chi connectivity index (χ1n) is 13.2. The number of allylic oxidation sites excluding steroid dienone is 5. The average Bonchev–Trinajstić information content (AvgIpc) is 3.21. The number of ether oxygens (including phenoxy) is 1. The molecule has 1 amide bonds. The average molecular weight is 504 g/mol. The summed E-state index contributed by atoms with van der Waals surface area (Å²) >= 11 is 0. The van der Waals surface area contributed by atoms with Gasteiger partial charge in [0.15, 0.2) is 0 Å². The van der Waals surface area contributed by atoms with Crippen LogP contribution < -0.4 is 0 Å². The Morgan fingerprint density at radius 2 is 1.86 bits per heavy atom. The SMILES string of the molecule is C\C=C/C(=C\C(=C/CC)C(F)(F)F)OC1CC(C(=O)N2C(C)CCC2c2ccccc2)(C(C)CC)C1. The van der Waals surface area contributed by atoms with E-state index in [1.807, 2.05) is 18.2 Å². The molecule has 2 aliphatic rings. The summed E-state index contributed by atoms with van der Waals surface area (Å²) in [4.78, 5) is 16.3. The van der Waals surface area contributed by atoms with Gasteiger partial charge < -0.3 is 9.64 Å². The van der Waals surface area contributed by atoms with Crippen LogP contribution in [0.15, 0.2) is 66.0 Å². The van der Waals surface area contributed by atoms with Gasteiger partial charge in [-0.3, -0.25) is 4.79 Å². The zero-order valence-electron chi connectivity index (χ0n) is 22.1. The van der Waals surface area contributed by atoms with E-state index in [1.54, 1.807) is 26.0 Å². The Morgan fingerprint density at radius 1 is 1.19 bits per heavy atom. The third kappa shape index (κ3) is 5.90. The third-order valence-electron chi connectivity index (χ3n) is 7.94. The Kier molecular flexibility index (Phi) is 9.13. The van der Waals surface area contributed by atoms with Crippen molar-refractivity contribution in [3.8, 4) is 0 Å². The standard InChI is InChI=1S/C30H40F3NO2/c1-6-12-24(30(31,32)33)18-25(13-7-2)36-26-19-29(20-26,21(4)8-3)28(35)34-22(5)16-17-27(34)23-14-10-9-11-15-23/h7,9-15,18,21-22,26-27H,6,8,16-17,19-20H2,1-5H3/b13-7-,24-12+,25-18+. The van der Waals surface area contributed by atoms with Crippen molar-refractivity contribution in [3.63, 3.8) is 0 Å². The van der Waals surface area contributed by atoms with Gasteiger partial charge in [-0.25, -0.2) is 0 Å². The number of amides is 1. The van der Waals surface area contributed by atoms with E-state index in [-0.39, 0.29) is 42.2 Å². The topological polar surface area (TPSA) is 29.5 Å². The van der Waals surface area contributed by atoms with Crippen LogP contribution in [-0.2, 0) is 9.53 Å². The molecule has 3 unspecified atom stereocenters. The minimum atomic E-state index is -4.44. The number of halogens is 3. The molecule has 3 rings (SSSR count). The summed E-state index contributed by atoms with van der Waals surface area (Å²) in [6, 6.07) is 10.4. The molecule has 1 aliphatic heterocycles. The molecule has 1 saturated heterocycles. The summed E-state index contributed by atoms with van der Waals surface area (Å²) in [7, 11) is 0. The van der Waals surface area contributed by atoms with E-state index in [2.05, 4.69) is 37.8 Å². The number of carbonyl (C=O) groups excluding carboxylic acids is 1. The van der Waals surface area contributed by atoms with Crippen molar-refractivity contribution in [2.75, 3.05) is 0 Å². The molecule has 6 heteroatoms. The molecule has 0 N–H and O–H groups in total. The minimum Gasteiger partial charge on any atom is -0.490 e. The fourth-order valence-electron chi connectivity index (χ4n) is 5.71. The molecule has 0 radical (unpaired) electrons. The van der Waals surface area contributed by atoms with Crippen molar-refractivity contribution in [1.29, 1.82) is 0 Å². The maximum atomic E-state index is 14.2. The fraction of sp³-hybridized carbons (Fsp3) is 0.567. The van der Waals surface area contributed by atoms with E-state index in [1.165, 1.54) is 6.08 Å². The maximum absolute atomic E-state index is 14.2. The van der Waals surface area contributed by atoms with Crippen molar-refractivity contribution in [2.45, 2.75) is 97.5 Å². The molecule has 1 aliphatic carbocycles. The number of hydrogen-bond acceptors (Lipinski definition) is 2. The second-order valence-corrected chi connectivity index (χ2v) is 10.3. The van der Waals surface area contributed by atoms with Crippen molar-refractivity contribution in [2.24, 2.45) is 11.3 Å². The summed E-state index contributed by atoms with van der Waals surface area (Å²) in [5.41, 5.74) is -0.112. The first-order valence-corrected chi connectivity index (χ1v) is 13.2. The van der Waals surface area contributed by atoms with Crippen LogP contribution in [-0.4, -0.2) is 29.1 Å². The largest absolute Gasteiger partial charge is 0.490 e. The molecule has 36 heavy (non-hydrogen) atoms. The highest BCUT2D eigenvalue weighted by Crippen LogP contribution is 2.54. The first-order chi connectivity index (χ1) is 17.1. The first kappa shape index (κ1) is 28.1. The predicted molar refractivity (Wildman–Crippen MR) is 138 cm³/mol. The van der Waals surface area contributed by atoms with E-state index in [0.717, 1.165) is 30.9 Å². The van der Waals surface area contributed by atoms with Gasteiger partial charge in [0.1, 0.15) is 11.9 Å². The molecule has 0 bridgehead atoms. The summed E-state index contributed by atoms with van der Waals surface area (Å²) in [5, 5.41) is 0. The number of carbonyl (C=O) groups is 1. The highest BCUT2D eigenvalue weighted by Gasteiger charge is 2.57. The van der Waals surface area contributed by atoms with Crippen LogP contribution >= 0.6 is 0 Å². The van der Waals surface area contributed by atoms with Crippen LogP contribution in [0.5, 0.6) is 0 Å². The molecule has 1 aromatic carbocycles. The monoisotopic (exact) mass is 503 g/mol. The zero-order chi connectivity index (χ0) is 26.5. The minimum absolute atomic E-state index is 0.0570. The van der Waals surface area contributed by atoms with Crippen LogP contribution in [0, 0.1) is 11.3 Å². The molecule has 1 heterocycles. The highest BCUT2D eigenvalue weighted by atomic mass is 19.4. The molecular weight excluding hydrogens is 463 g/mol. The van der Waals surface area contributed by atoms with E-state index >= 15 is 0 Å². The predicted octanol–water partition coefficient (Wildman–Crippen LogP) is 8.31. The maximum Gasteiger partial charge on any atom is 0.416 e. The van der Waals surface area contributed by atoms with Gasteiger partial charge in [0.2, 0.25) is 5.91 Å². The number of benzene rings is 1. The van der Waals surface area contributed by atoms with Crippen molar-refractivity contribution in [3.05, 3.63) is 71.5 Å². The fourth-order valence-corrected chi connectivity index (χ4v) is 5.71.